The number of benzene rings is 3. The van der Waals surface area contributed by atoms with E-state index in [1.165, 1.54) is 12.8 Å². The molecule has 0 aliphatic carbocycles. The normalized spacial score (nSPS) is 14.2. The smallest absolute Gasteiger partial charge is 0.251 e. The lowest BCUT2D eigenvalue weighted by molar-refractivity contribution is 0.0937. The van der Waals surface area contributed by atoms with Crippen molar-refractivity contribution in [3.63, 3.8) is 0 Å². The molecule has 1 aliphatic heterocycles. The van der Waals surface area contributed by atoms with E-state index in [1.54, 1.807) is 31.4 Å². The van der Waals surface area contributed by atoms with Crippen LogP contribution in [0.3, 0.4) is 0 Å². The Labute approximate surface area is 200 Å². The monoisotopic (exact) mass is 455 g/mol. The Bertz CT molecular complexity index is 1170. The molecule has 1 aliphatic rings. The fraction of sp³-hybridized carbons (Fsp3) is 0.286. The van der Waals surface area contributed by atoms with E-state index in [2.05, 4.69) is 22.4 Å². The largest absolute Gasteiger partial charge is 0.497 e. The molecule has 3 aromatic carbocycles. The maximum Gasteiger partial charge on any atom is 0.251 e. The zero-order valence-corrected chi connectivity index (χ0v) is 19.4. The number of amides is 1. The fourth-order valence-corrected chi connectivity index (χ4v) is 4.29. The topological polar surface area (TPSA) is 74.6 Å². The Balaban J connectivity index is 1.42. The van der Waals surface area contributed by atoms with Gasteiger partial charge < -0.3 is 14.8 Å². The summed E-state index contributed by atoms with van der Waals surface area (Å²) in [4.78, 5) is 15.4. The van der Waals surface area contributed by atoms with E-state index in [0.29, 0.717) is 23.4 Å². The van der Waals surface area contributed by atoms with E-state index in [-0.39, 0.29) is 18.6 Å². The van der Waals surface area contributed by atoms with Gasteiger partial charge in [-0.25, -0.2) is 0 Å². The summed E-state index contributed by atoms with van der Waals surface area (Å²) in [7, 11) is 1.67. The highest BCUT2D eigenvalue weighted by molar-refractivity contribution is 5.94. The summed E-state index contributed by atoms with van der Waals surface area (Å²) in [6.45, 7) is 2.81. The average molecular weight is 456 g/mol. The summed E-state index contributed by atoms with van der Waals surface area (Å²) in [5, 5.41) is 12.4. The third-order valence-electron chi connectivity index (χ3n) is 6.14. The van der Waals surface area contributed by atoms with Gasteiger partial charge >= 0.3 is 0 Å². The molecule has 1 amide bonds. The number of ether oxygens (including phenoxy) is 2. The highest BCUT2D eigenvalue weighted by atomic mass is 16.5. The molecule has 3 aromatic rings. The summed E-state index contributed by atoms with van der Waals surface area (Å²) >= 11 is 0. The molecule has 0 radical (unpaired) electrons. The summed E-state index contributed by atoms with van der Waals surface area (Å²) in [5.74, 6) is 1.26. The Kier molecular flexibility index (Phi) is 7.79. The number of hydrogen-bond acceptors (Lipinski definition) is 5. The molecular weight excluding hydrogens is 426 g/mol. The van der Waals surface area contributed by atoms with Crippen LogP contribution in [0.2, 0.25) is 0 Å². The number of likely N-dealkylation sites (tertiary alicyclic amines) is 1. The van der Waals surface area contributed by atoms with Crippen molar-refractivity contribution in [2.75, 3.05) is 26.7 Å². The molecule has 0 bridgehead atoms. The molecule has 174 valence electrons. The van der Waals surface area contributed by atoms with E-state index in [9.17, 15) is 10.1 Å². The predicted octanol–water partition coefficient (Wildman–Crippen LogP) is 4.71. The van der Waals surface area contributed by atoms with Crippen molar-refractivity contribution in [1.82, 2.24) is 10.2 Å². The number of methoxy groups -OCH3 is 1. The first kappa shape index (κ1) is 23.3. The van der Waals surface area contributed by atoms with Gasteiger partial charge in [-0.1, -0.05) is 36.4 Å². The second-order valence-corrected chi connectivity index (χ2v) is 8.33. The van der Waals surface area contributed by atoms with Gasteiger partial charge in [0.2, 0.25) is 0 Å². The van der Waals surface area contributed by atoms with Gasteiger partial charge in [0.1, 0.15) is 18.1 Å². The van der Waals surface area contributed by atoms with Crippen molar-refractivity contribution >= 4 is 5.91 Å². The van der Waals surface area contributed by atoms with Crippen LogP contribution in [0.4, 0.5) is 0 Å². The van der Waals surface area contributed by atoms with E-state index in [4.69, 9.17) is 9.47 Å². The quantitative estimate of drug-likeness (QED) is 0.506. The van der Waals surface area contributed by atoms with E-state index in [0.717, 1.165) is 30.0 Å². The number of carbonyl (C=O) groups excluding carboxylic acids is 1. The lowest BCUT2D eigenvalue weighted by Gasteiger charge is -2.28. The minimum atomic E-state index is -0.144. The molecule has 1 heterocycles. The molecule has 1 fully saturated rings. The summed E-state index contributed by atoms with van der Waals surface area (Å²) < 4.78 is 11.3. The van der Waals surface area contributed by atoms with Crippen molar-refractivity contribution in [2.24, 2.45) is 0 Å². The third-order valence-corrected chi connectivity index (χ3v) is 6.14. The second kappa shape index (κ2) is 11.4. The molecule has 1 saturated heterocycles. The molecule has 6 nitrogen and oxygen atoms in total. The van der Waals surface area contributed by atoms with Gasteiger partial charge in [-0.2, -0.15) is 5.26 Å². The lowest BCUT2D eigenvalue weighted by Crippen LogP contribution is -2.36. The van der Waals surface area contributed by atoms with Crippen LogP contribution in [0.5, 0.6) is 11.5 Å². The predicted molar refractivity (Wildman–Crippen MR) is 131 cm³/mol. The highest BCUT2D eigenvalue weighted by Crippen LogP contribution is 2.27. The van der Waals surface area contributed by atoms with Crippen molar-refractivity contribution in [1.29, 1.82) is 5.26 Å². The van der Waals surface area contributed by atoms with Gasteiger partial charge in [-0.3, -0.25) is 9.69 Å². The molecule has 0 saturated carbocycles. The van der Waals surface area contributed by atoms with Crippen LogP contribution in [-0.2, 0) is 6.61 Å². The zero-order chi connectivity index (χ0) is 23.8. The van der Waals surface area contributed by atoms with Gasteiger partial charge in [0.25, 0.3) is 5.91 Å². The van der Waals surface area contributed by atoms with Crippen LogP contribution < -0.4 is 14.8 Å². The first-order valence-electron chi connectivity index (χ1n) is 11.5. The molecular formula is C28H29N3O3. The summed E-state index contributed by atoms with van der Waals surface area (Å²) in [5.41, 5.74) is 3.07. The van der Waals surface area contributed by atoms with Crippen LogP contribution in [0.1, 0.15) is 45.9 Å². The molecule has 0 spiro atoms. The lowest BCUT2D eigenvalue weighted by atomic mass is 10.0. The van der Waals surface area contributed by atoms with E-state index >= 15 is 0 Å². The minimum absolute atomic E-state index is 0.0865. The van der Waals surface area contributed by atoms with Crippen molar-refractivity contribution < 1.29 is 14.3 Å². The first-order valence-corrected chi connectivity index (χ1v) is 11.5. The molecule has 1 N–H and O–H groups in total. The number of carbonyl (C=O) groups is 1. The SMILES string of the molecule is COc1cccc(C(CNC(=O)c2cccc(OCc3ccccc3C#N)c2)N2CCCC2)c1. The fourth-order valence-electron chi connectivity index (χ4n) is 4.29. The number of nitrogens with one attached hydrogen (secondary N) is 1. The van der Waals surface area contributed by atoms with Gasteiger partial charge in [0, 0.05) is 17.7 Å². The number of nitrogens with zero attached hydrogens (tertiary/aromatic N) is 2. The number of hydrogen-bond donors (Lipinski definition) is 1. The Hall–Kier alpha value is -3.82. The number of rotatable bonds is 9. The van der Waals surface area contributed by atoms with Gasteiger partial charge in [-0.15, -0.1) is 0 Å². The molecule has 1 unspecified atom stereocenters. The summed E-state index contributed by atoms with van der Waals surface area (Å²) in [6.07, 6.45) is 2.34. The van der Waals surface area contributed by atoms with Gasteiger partial charge in [0.15, 0.2) is 0 Å². The van der Waals surface area contributed by atoms with Crippen LogP contribution >= 0.6 is 0 Å². The number of nitriles is 1. The van der Waals surface area contributed by atoms with Crippen LogP contribution in [-0.4, -0.2) is 37.6 Å². The van der Waals surface area contributed by atoms with Crippen molar-refractivity contribution in [3.8, 4) is 17.6 Å². The van der Waals surface area contributed by atoms with Crippen LogP contribution in [0.25, 0.3) is 0 Å². The Morgan fingerprint density at radius 2 is 1.79 bits per heavy atom. The highest BCUT2D eigenvalue weighted by Gasteiger charge is 2.24. The second-order valence-electron chi connectivity index (χ2n) is 8.33. The third kappa shape index (κ3) is 5.75. The maximum absolute atomic E-state index is 13.0. The average Bonchev–Trinajstić information content (AvgIpc) is 3.42. The molecule has 0 aromatic heterocycles. The van der Waals surface area contributed by atoms with Crippen molar-refractivity contribution in [2.45, 2.75) is 25.5 Å². The molecule has 34 heavy (non-hydrogen) atoms. The van der Waals surface area contributed by atoms with Gasteiger partial charge in [-0.05, 0) is 67.9 Å². The minimum Gasteiger partial charge on any atom is -0.497 e. The standard InChI is InChI=1S/C28H29N3O3/c1-33-25-12-6-10-21(16-25)27(31-14-4-5-15-31)19-30-28(32)22-11-7-13-26(17-22)34-20-24-9-3-2-8-23(24)18-29/h2-3,6-13,16-17,27H,4-5,14-15,19-20H2,1H3,(H,30,32). The molecule has 6 heteroatoms. The van der Waals surface area contributed by atoms with E-state index < -0.39 is 0 Å². The van der Waals surface area contributed by atoms with Crippen LogP contribution in [0.15, 0.2) is 72.8 Å². The van der Waals surface area contributed by atoms with Gasteiger partial charge in [0.05, 0.1) is 24.8 Å². The maximum atomic E-state index is 13.0. The molecule has 1 atom stereocenters. The van der Waals surface area contributed by atoms with E-state index in [1.807, 2.05) is 42.5 Å². The summed E-state index contributed by atoms with van der Waals surface area (Å²) in [6, 6.07) is 24.8. The zero-order valence-electron chi connectivity index (χ0n) is 19.4. The molecule has 4 rings (SSSR count). The van der Waals surface area contributed by atoms with Crippen molar-refractivity contribution in [3.05, 3.63) is 95.1 Å². The Morgan fingerprint density at radius 3 is 2.59 bits per heavy atom. The Morgan fingerprint density at radius 1 is 1.03 bits per heavy atom. The van der Waals surface area contributed by atoms with Crippen LogP contribution in [0, 0.1) is 11.3 Å². The first-order chi connectivity index (χ1) is 16.7.